The lowest BCUT2D eigenvalue weighted by atomic mass is 10.0. The van der Waals surface area contributed by atoms with Crippen LogP contribution in [0.1, 0.15) is 69.1 Å². The number of para-hydroxylation sites is 1. The summed E-state index contributed by atoms with van der Waals surface area (Å²) in [5.41, 5.74) is 13.8. The number of benzene rings is 3. The number of hydrogen-bond acceptors (Lipinski definition) is 12. The number of aromatic nitrogens is 1. The number of phenols is 1. The van der Waals surface area contributed by atoms with Gasteiger partial charge in [0.2, 0.25) is 47.3 Å². The number of aliphatic carboxylic acids is 2. The number of phenolic OH excluding ortho intramolecular Hbond substituents is 1. The minimum Gasteiger partial charge on any atom is -0.508 e. The molecule has 0 aliphatic heterocycles. The number of amides is 8. The number of aromatic amines is 1. The molecule has 0 radical (unpaired) electrons. The van der Waals surface area contributed by atoms with E-state index in [1.54, 1.807) is 60.8 Å². The summed E-state index contributed by atoms with van der Waals surface area (Å²) >= 11 is 0. The van der Waals surface area contributed by atoms with Gasteiger partial charge in [-0.3, -0.25) is 47.9 Å². The maximum absolute atomic E-state index is 14.7. The number of fused-ring (bicyclic) bond motifs is 1. The van der Waals surface area contributed by atoms with Crippen LogP contribution in [0.2, 0.25) is 0 Å². The van der Waals surface area contributed by atoms with Gasteiger partial charge in [0, 0.05) is 49.8 Å². The number of nitrogens with two attached hydrogens (primary N) is 2. The first kappa shape index (κ1) is 57.2. The highest BCUT2D eigenvalue weighted by atomic mass is 16.4. The van der Waals surface area contributed by atoms with Crippen molar-refractivity contribution in [1.29, 1.82) is 0 Å². The minimum atomic E-state index is -1.71. The molecule has 0 unspecified atom stereocenters. The lowest BCUT2D eigenvalue weighted by molar-refractivity contribution is -0.144. The summed E-state index contributed by atoms with van der Waals surface area (Å²) in [6.45, 7) is 2.43. The molecule has 4 rings (SSSR count). The maximum atomic E-state index is 14.7. The minimum absolute atomic E-state index is 0.0216. The Morgan fingerprint density at radius 2 is 1.27 bits per heavy atom. The molecule has 392 valence electrons. The Kier molecular flexibility index (Phi) is 21.9. The van der Waals surface area contributed by atoms with E-state index in [4.69, 9.17) is 16.6 Å². The number of nitrogens with zero attached hydrogens (tertiary/aromatic N) is 1. The number of rotatable bonds is 29. The van der Waals surface area contributed by atoms with Crippen molar-refractivity contribution in [3.05, 3.63) is 102 Å². The monoisotopic (exact) mass is 1010 g/mol. The number of aromatic hydroxyl groups is 1. The second-order valence-corrected chi connectivity index (χ2v) is 17.5. The number of likely N-dealkylation sites (N-methyl/N-ethyl adjacent to an activating group) is 1. The number of H-pyrrole nitrogens is 1. The van der Waals surface area contributed by atoms with Crippen molar-refractivity contribution in [2.45, 2.75) is 114 Å². The van der Waals surface area contributed by atoms with Gasteiger partial charge in [0.25, 0.3) is 0 Å². The lowest BCUT2D eigenvalue weighted by Crippen LogP contribution is -2.59. The molecule has 1 aromatic heterocycles. The average Bonchev–Trinajstić information content (AvgIpc) is 3.76. The molecular weight excluding hydrogens is 949 g/mol. The third-order valence-corrected chi connectivity index (χ3v) is 11.8. The van der Waals surface area contributed by atoms with E-state index in [0.29, 0.717) is 29.5 Å². The Labute approximate surface area is 420 Å². The zero-order chi connectivity index (χ0) is 53.8. The average molecular weight is 1010 g/mol. The van der Waals surface area contributed by atoms with Gasteiger partial charge in [0.1, 0.15) is 42.0 Å². The molecular formula is C50H64N10O13. The fourth-order valence-electron chi connectivity index (χ4n) is 7.72. The number of carbonyl (C=O) groups excluding carboxylic acids is 8. The number of primary amides is 1. The van der Waals surface area contributed by atoms with Gasteiger partial charge < -0.3 is 68.6 Å². The molecule has 23 nitrogen and oxygen atoms in total. The van der Waals surface area contributed by atoms with E-state index in [1.165, 1.54) is 38.2 Å². The second-order valence-electron chi connectivity index (χ2n) is 17.5. The molecule has 0 saturated carbocycles. The number of carboxylic acid groups (broad SMARTS) is 2. The van der Waals surface area contributed by atoms with Crippen molar-refractivity contribution in [3.8, 4) is 5.75 Å². The van der Waals surface area contributed by atoms with Gasteiger partial charge in [-0.15, -0.1) is 0 Å². The van der Waals surface area contributed by atoms with Crippen LogP contribution in [0, 0.1) is 0 Å². The predicted octanol–water partition coefficient (Wildman–Crippen LogP) is -0.369. The Bertz CT molecular complexity index is 2590. The highest BCUT2D eigenvalue weighted by Crippen LogP contribution is 2.21. The van der Waals surface area contributed by atoms with Crippen LogP contribution in [-0.4, -0.2) is 140 Å². The molecule has 3 aromatic carbocycles. The molecule has 14 N–H and O–H groups in total. The van der Waals surface area contributed by atoms with E-state index in [-0.39, 0.29) is 44.3 Å². The third-order valence-electron chi connectivity index (χ3n) is 11.8. The summed E-state index contributed by atoms with van der Waals surface area (Å²) < 4.78 is 0. The summed E-state index contributed by atoms with van der Waals surface area (Å²) in [5.74, 6) is -9.63. The van der Waals surface area contributed by atoms with Crippen LogP contribution in [-0.2, 0) is 67.2 Å². The number of unbranched alkanes of at least 4 members (excludes halogenated alkanes) is 1. The predicted molar refractivity (Wildman–Crippen MR) is 265 cm³/mol. The van der Waals surface area contributed by atoms with E-state index in [2.05, 4.69) is 36.9 Å². The molecule has 0 spiro atoms. The zero-order valence-electron chi connectivity index (χ0n) is 40.7. The first-order valence-corrected chi connectivity index (χ1v) is 23.6. The van der Waals surface area contributed by atoms with Crippen LogP contribution >= 0.6 is 0 Å². The Balaban J connectivity index is 1.55. The molecule has 0 bridgehead atoms. The Morgan fingerprint density at radius 3 is 1.92 bits per heavy atom. The van der Waals surface area contributed by atoms with Crippen LogP contribution in [0.4, 0.5) is 0 Å². The van der Waals surface area contributed by atoms with Gasteiger partial charge in [-0.2, -0.15) is 0 Å². The molecule has 0 fully saturated rings. The highest BCUT2D eigenvalue weighted by molar-refractivity contribution is 5.98. The fourth-order valence-corrected chi connectivity index (χ4v) is 7.72. The van der Waals surface area contributed by atoms with E-state index in [0.717, 1.165) is 15.8 Å². The van der Waals surface area contributed by atoms with E-state index in [9.17, 15) is 58.2 Å². The van der Waals surface area contributed by atoms with Crippen molar-refractivity contribution in [1.82, 2.24) is 41.8 Å². The van der Waals surface area contributed by atoms with Gasteiger partial charge in [-0.05, 0) is 54.7 Å². The first-order valence-electron chi connectivity index (χ1n) is 23.6. The summed E-state index contributed by atoms with van der Waals surface area (Å²) in [4.78, 5) is 136. The summed E-state index contributed by atoms with van der Waals surface area (Å²) in [7, 11) is 1.32. The normalized spacial score (nSPS) is 13.9. The molecule has 4 aromatic rings. The summed E-state index contributed by atoms with van der Waals surface area (Å²) in [6, 6.07) is 11.9. The number of hydrogen-bond donors (Lipinski definition) is 12. The Morgan fingerprint density at radius 1 is 0.658 bits per heavy atom. The molecule has 23 heteroatoms. The maximum Gasteiger partial charge on any atom is 0.305 e. The van der Waals surface area contributed by atoms with Crippen LogP contribution in [0.15, 0.2) is 85.1 Å². The zero-order valence-corrected chi connectivity index (χ0v) is 40.7. The van der Waals surface area contributed by atoms with E-state index < -0.39 is 114 Å². The summed E-state index contributed by atoms with van der Waals surface area (Å²) in [5, 5.41) is 44.2. The van der Waals surface area contributed by atoms with Gasteiger partial charge in [-0.25, -0.2) is 0 Å². The standard InChI is InChI=1S/C50H64N10O13/c1-4-5-15-40(49(72)59-38(25-43(65)66)48(71)57-36(44(52)67)22-29-11-7-6-8-12-29)60(3)50(73)39(24-31-26-53-35-14-10-9-13-33(31)35)56-41(62)27-54-47(70)37(23-30-16-18-32(61)19-17-30)58-45(68)28(2)55-46(69)34(51)20-21-42(63)64/h6-14,16-19,26,28,34,36-40,53,61H,4-5,15,20-25,27,51H2,1-3H3,(H2,52,67)(H,54,70)(H,55,69)(H,56,62)(H,57,71)(H,58,68)(H,59,72)(H,63,64)(H,65,66)/t28-,34+,36-,37-,38-,39-,40-/m0/s1. The van der Waals surface area contributed by atoms with Gasteiger partial charge in [0.05, 0.1) is 19.0 Å². The van der Waals surface area contributed by atoms with Crippen molar-refractivity contribution in [2.24, 2.45) is 11.5 Å². The van der Waals surface area contributed by atoms with Crippen LogP contribution in [0.5, 0.6) is 5.75 Å². The van der Waals surface area contributed by atoms with Crippen molar-refractivity contribution < 1.29 is 63.3 Å². The lowest BCUT2D eigenvalue weighted by Gasteiger charge is -2.32. The first-order chi connectivity index (χ1) is 34.7. The van der Waals surface area contributed by atoms with Crippen molar-refractivity contribution in [2.75, 3.05) is 13.6 Å². The number of carbonyl (C=O) groups is 10. The van der Waals surface area contributed by atoms with Crippen LogP contribution in [0.3, 0.4) is 0 Å². The fraction of sp³-hybridized carbons (Fsp3) is 0.400. The number of nitrogens with one attached hydrogen (secondary N) is 7. The van der Waals surface area contributed by atoms with Gasteiger partial charge in [-0.1, -0.05) is 80.4 Å². The Hall–Kier alpha value is -8.34. The van der Waals surface area contributed by atoms with Crippen molar-refractivity contribution >= 4 is 70.1 Å². The van der Waals surface area contributed by atoms with Crippen LogP contribution in [0.25, 0.3) is 10.9 Å². The molecule has 73 heavy (non-hydrogen) atoms. The molecule has 0 saturated heterocycles. The van der Waals surface area contributed by atoms with Crippen LogP contribution < -0.4 is 43.4 Å². The largest absolute Gasteiger partial charge is 0.508 e. The van der Waals surface area contributed by atoms with E-state index >= 15 is 0 Å². The van der Waals surface area contributed by atoms with E-state index in [1.807, 2.05) is 6.92 Å². The SMILES string of the molecule is CCCC[C@@H](C(=O)N[C@@H](CC(=O)O)C(=O)N[C@@H](Cc1ccccc1)C(N)=O)N(C)C(=O)[C@H](Cc1c[nH]c2ccccc12)NC(=O)CNC(=O)[C@H](Cc1ccc(O)cc1)NC(=O)[C@H](C)NC(=O)[C@H](N)CCC(=O)O. The second kappa shape index (κ2) is 27.9. The molecule has 1 heterocycles. The quantitative estimate of drug-likeness (QED) is 0.0330. The molecule has 8 amide bonds. The van der Waals surface area contributed by atoms with Gasteiger partial charge >= 0.3 is 11.9 Å². The van der Waals surface area contributed by atoms with Gasteiger partial charge in [0.15, 0.2) is 0 Å². The topological polar surface area (TPSA) is 375 Å². The number of carboxylic acids is 2. The molecule has 0 aliphatic rings. The summed E-state index contributed by atoms with van der Waals surface area (Å²) in [6.07, 6.45) is 0.865. The highest BCUT2D eigenvalue weighted by Gasteiger charge is 2.36. The smallest absolute Gasteiger partial charge is 0.305 e. The molecule has 7 atom stereocenters. The molecule has 0 aliphatic carbocycles. The van der Waals surface area contributed by atoms with Crippen molar-refractivity contribution in [3.63, 3.8) is 0 Å². The third kappa shape index (κ3) is 18.1.